The van der Waals surface area contributed by atoms with Gasteiger partial charge in [-0.25, -0.2) is 0 Å². The molecule has 2 aliphatic rings. The molecule has 2 fully saturated rings. The van der Waals surface area contributed by atoms with E-state index in [1.807, 2.05) is 0 Å². The van der Waals surface area contributed by atoms with E-state index >= 15 is 0 Å². The van der Waals surface area contributed by atoms with Crippen molar-refractivity contribution in [3.63, 3.8) is 0 Å². The van der Waals surface area contributed by atoms with Gasteiger partial charge in [0.05, 0.1) is 13.2 Å². The molecule has 5 nitrogen and oxygen atoms in total. The first-order valence-corrected chi connectivity index (χ1v) is 9.00. The number of hydrogen-bond acceptors (Lipinski definition) is 4. The molecule has 22 heavy (non-hydrogen) atoms. The lowest BCUT2D eigenvalue weighted by atomic mass is 9.92. The molecule has 1 aliphatic heterocycles. The predicted octanol–water partition coefficient (Wildman–Crippen LogP) is 1.37. The van der Waals surface area contributed by atoms with Gasteiger partial charge < -0.3 is 15.8 Å². The van der Waals surface area contributed by atoms with Crippen molar-refractivity contribution in [1.29, 1.82) is 0 Å². The number of carbonyl (C=O) groups is 1. The largest absolute Gasteiger partial charge is 0.379 e. The Morgan fingerprint density at radius 2 is 1.95 bits per heavy atom. The molecule has 0 aromatic rings. The molecule has 3 atom stereocenters. The van der Waals surface area contributed by atoms with Gasteiger partial charge in [-0.2, -0.15) is 0 Å². The molecule has 1 saturated carbocycles. The first kappa shape index (κ1) is 17.7. The number of nitrogens with two attached hydrogens (primary N) is 1. The Labute approximate surface area is 134 Å². The van der Waals surface area contributed by atoms with E-state index in [1.54, 1.807) is 0 Å². The van der Waals surface area contributed by atoms with Crippen LogP contribution in [0.4, 0.5) is 0 Å². The van der Waals surface area contributed by atoms with Crippen molar-refractivity contribution in [3.05, 3.63) is 0 Å². The monoisotopic (exact) mass is 311 g/mol. The topological polar surface area (TPSA) is 67.6 Å². The predicted molar refractivity (Wildman–Crippen MR) is 88.6 cm³/mol. The number of carbonyl (C=O) groups excluding carboxylic acids is 1. The Morgan fingerprint density at radius 1 is 1.27 bits per heavy atom. The summed E-state index contributed by atoms with van der Waals surface area (Å²) in [6.07, 6.45) is 5.09. The molecule has 0 aromatic heterocycles. The molecule has 5 heteroatoms. The maximum absolute atomic E-state index is 12.4. The van der Waals surface area contributed by atoms with Gasteiger partial charge in [0.2, 0.25) is 5.91 Å². The molecule has 1 saturated heterocycles. The van der Waals surface area contributed by atoms with Gasteiger partial charge in [-0.1, -0.05) is 26.7 Å². The number of rotatable bonds is 7. The highest BCUT2D eigenvalue weighted by Gasteiger charge is 2.30. The molecular formula is C17H33N3O2. The zero-order valence-corrected chi connectivity index (χ0v) is 14.2. The van der Waals surface area contributed by atoms with Gasteiger partial charge >= 0.3 is 0 Å². The van der Waals surface area contributed by atoms with E-state index in [0.717, 1.165) is 65.0 Å². The van der Waals surface area contributed by atoms with Crippen molar-refractivity contribution in [2.45, 2.75) is 58.0 Å². The lowest BCUT2D eigenvalue weighted by Gasteiger charge is -2.39. The highest BCUT2D eigenvalue weighted by atomic mass is 16.5. The number of morpholine rings is 1. The maximum Gasteiger partial charge on any atom is 0.223 e. The standard InChI is InChI=1S/C17H33N3O2/c1-3-13(4-2)16(20-7-9-22-10-8-20)12-19-17(21)14-5-6-15(18)11-14/h13-16H,3-12,18H2,1-2H3,(H,19,21). The molecule has 1 amide bonds. The minimum Gasteiger partial charge on any atom is -0.379 e. The van der Waals surface area contributed by atoms with Crippen LogP contribution in [-0.4, -0.2) is 55.7 Å². The van der Waals surface area contributed by atoms with Crippen LogP contribution in [-0.2, 0) is 9.53 Å². The molecule has 0 aromatic carbocycles. The first-order chi connectivity index (χ1) is 10.7. The fourth-order valence-corrected chi connectivity index (χ4v) is 3.94. The number of hydrogen-bond donors (Lipinski definition) is 2. The molecule has 0 bridgehead atoms. The van der Waals surface area contributed by atoms with Crippen LogP contribution in [0.1, 0.15) is 46.0 Å². The molecule has 1 heterocycles. The maximum atomic E-state index is 12.4. The number of ether oxygens (including phenoxy) is 1. The zero-order valence-electron chi connectivity index (χ0n) is 14.2. The SMILES string of the molecule is CCC(CC)C(CNC(=O)C1CCC(N)C1)N1CCOCC1. The van der Waals surface area contributed by atoms with E-state index in [1.165, 1.54) is 0 Å². The van der Waals surface area contributed by atoms with Gasteiger partial charge in [0, 0.05) is 37.6 Å². The van der Waals surface area contributed by atoms with Gasteiger partial charge in [0.1, 0.15) is 0 Å². The lowest BCUT2D eigenvalue weighted by molar-refractivity contribution is -0.125. The van der Waals surface area contributed by atoms with Crippen LogP contribution >= 0.6 is 0 Å². The summed E-state index contributed by atoms with van der Waals surface area (Å²) >= 11 is 0. The first-order valence-electron chi connectivity index (χ1n) is 9.00. The van der Waals surface area contributed by atoms with E-state index in [9.17, 15) is 4.79 Å². The highest BCUT2D eigenvalue weighted by Crippen LogP contribution is 2.24. The average molecular weight is 311 g/mol. The summed E-state index contributed by atoms with van der Waals surface area (Å²) < 4.78 is 5.47. The van der Waals surface area contributed by atoms with Crippen molar-refractivity contribution in [1.82, 2.24) is 10.2 Å². The Kier molecular flexibility index (Phi) is 7.12. The fraction of sp³-hybridized carbons (Fsp3) is 0.941. The normalized spacial score (nSPS) is 28.0. The summed E-state index contributed by atoms with van der Waals surface area (Å²) in [7, 11) is 0. The minimum atomic E-state index is 0.127. The van der Waals surface area contributed by atoms with Crippen molar-refractivity contribution in [3.8, 4) is 0 Å². The third-order valence-electron chi connectivity index (χ3n) is 5.44. The Bertz CT molecular complexity index is 341. The van der Waals surface area contributed by atoms with Crippen LogP contribution < -0.4 is 11.1 Å². The third-order valence-corrected chi connectivity index (χ3v) is 5.44. The number of nitrogens with one attached hydrogen (secondary N) is 1. The van der Waals surface area contributed by atoms with Crippen LogP contribution in [0.3, 0.4) is 0 Å². The molecule has 3 unspecified atom stereocenters. The smallest absolute Gasteiger partial charge is 0.223 e. The van der Waals surface area contributed by atoms with Crippen molar-refractivity contribution in [2.75, 3.05) is 32.8 Å². The Morgan fingerprint density at radius 3 is 2.50 bits per heavy atom. The van der Waals surface area contributed by atoms with Gasteiger partial charge in [0.15, 0.2) is 0 Å². The lowest BCUT2D eigenvalue weighted by Crippen LogP contribution is -2.52. The summed E-state index contributed by atoms with van der Waals surface area (Å²) in [5.74, 6) is 0.962. The van der Waals surface area contributed by atoms with E-state index in [4.69, 9.17) is 10.5 Å². The summed E-state index contributed by atoms with van der Waals surface area (Å²) in [4.78, 5) is 14.9. The molecule has 2 rings (SSSR count). The summed E-state index contributed by atoms with van der Waals surface area (Å²) in [6, 6.07) is 0.641. The van der Waals surface area contributed by atoms with Crippen LogP contribution in [0.15, 0.2) is 0 Å². The molecule has 1 aliphatic carbocycles. The van der Waals surface area contributed by atoms with E-state index in [2.05, 4.69) is 24.1 Å². The Balaban J connectivity index is 1.89. The van der Waals surface area contributed by atoms with Gasteiger partial charge in [-0.15, -0.1) is 0 Å². The molecular weight excluding hydrogens is 278 g/mol. The zero-order chi connectivity index (χ0) is 15.9. The number of nitrogens with zero attached hydrogens (tertiary/aromatic N) is 1. The molecule has 0 radical (unpaired) electrons. The average Bonchev–Trinajstić information content (AvgIpc) is 2.98. The quantitative estimate of drug-likeness (QED) is 0.745. The van der Waals surface area contributed by atoms with Crippen LogP contribution in [0.25, 0.3) is 0 Å². The van der Waals surface area contributed by atoms with E-state index < -0.39 is 0 Å². The summed E-state index contributed by atoms with van der Waals surface area (Å²) in [5.41, 5.74) is 5.92. The van der Waals surface area contributed by atoms with Crippen LogP contribution in [0.2, 0.25) is 0 Å². The molecule has 0 spiro atoms. The second-order valence-electron chi connectivity index (χ2n) is 6.81. The Hall–Kier alpha value is -0.650. The minimum absolute atomic E-state index is 0.127. The second-order valence-corrected chi connectivity index (χ2v) is 6.81. The van der Waals surface area contributed by atoms with Gasteiger partial charge in [-0.05, 0) is 25.2 Å². The summed E-state index contributed by atoms with van der Waals surface area (Å²) in [5, 5.41) is 3.21. The highest BCUT2D eigenvalue weighted by molar-refractivity contribution is 5.79. The number of amides is 1. The van der Waals surface area contributed by atoms with E-state index in [-0.39, 0.29) is 17.9 Å². The fourth-order valence-electron chi connectivity index (χ4n) is 3.94. The van der Waals surface area contributed by atoms with Gasteiger partial charge in [-0.3, -0.25) is 9.69 Å². The van der Waals surface area contributed by atoms with Crippen molar-refractivity contribution < 1.29 is 9.53 Å². The molecule has 3 N–H and O–H groups in total. The van der Waals surface area contributed by atoms with Crippen LogP contribution in [0.5, 0.6) is 0 Å². The third kappa shape index (κ3) is 4.67. The van der Waals surface area contributed by atoms with Gasteiger partial charge in [0.25, 0.3) is 0 Å². The van der Waals surface area contributed by atoms with E-state index in [0.29, 0.717) is 12.0 Å². The summed E-state index contributed by atoms with van der Waals surface area (Å²) in [6.45, 7) is 8.83. The van der Waals surface area contributed by atoms with Crippen molar-refractivity contribution in [2.24, 2.45) is 17.6 Å². The van der Waals surface area contributed by atoms with Crippen molar-refractivity contribution >= 4 is 5.91 Å². The van der Waals surface area contributed by atoms with Crippen LogP contribution in [0, 0.1) is 11.8 Å². The second kappa shape index (κ2) is 8.85. The molecule has 128 valence electrons.